The van der Waals surface area contributed by atoms with Gasteiger partial charge in [-0.25, -0.2) is 4.79 Å². The van der Waals surface area contributed by atoms with Crippen LogP contribution in [-0.2, 0) is 11.3 Å². The van der Waals surface area contributed by atoms with Crippen LogP contribution in [0.1, 0.15) is 41.0 Å². The lowest BCUT2D eigenvalue weighted by Crippen LogP contribution is -2.37. The molecule has 204 valence electrons. The van der Waals surface area contributed by atoms with Crippen molar-refractivity contribution in [2.24, 2.45) is 0 Å². The first kappa shape index (κ1) is 27.6. The number of hydrogen-bond acceptors (Lipinski definition) is 5. The first-order chi connectivity index (χ1) is 18.3. The maximum atomic E-state index is 13.6. The summed E-state index contributed by atoms with van der Waals surface area (Å²) in [5.41, 5.74) is 1.26. The van der Waals surface area contributed by atoms with Crippen molar-refractivity contribution >= 4 is 22.7 Å². The number of aromatic nitrogens is 1. The normalized spacial score (nSPS) is 11.9. The van der Waals surface area contributed by atoms with Crippen molar-refractivity contribution in [3.63, 3.8) is 0 Å². The number of halogens is 3. The number of fused-ring (bicyclic) bond motifs is 1. The number of nitrogens with zero attached hydrogens (tertiary/aromatic N) is 1. The highest BCUT2D eigenvalue weighted by Crippen LogP contribution is 2.33. The minimum Gasteiger partial charge on any atom is -0.497 e. The molecule has 1 N–H and O–H groups in total. The molecule has 0 atom stereocenters. The third-order valence-electron chi connectivity index (χ3n) is 6.26. The average molecular weight is 542 g/mol. The van der Waals surface area contributed by atoms with Crippen molar-refractivity contribution in [2.45, 2.75) is 39.3 Å². The number of ketones is 1. The van der Waals surface area contributed by atoms with E-state index in [1.165, 1.54) is 45.2 Å². The van der Waals surface area contributed by atoms with Gasteiger partial charge in [0.2, 0.25) is 0 Å². The number of rotatable bonds is 9. The third-order valence-corrected chi connectivity index (χ3v) is 6.26. The molecular formula is C29H26F3NO6. The molecule has 1 heterocycles. The van der Waals surface area contributed by atoms with Crippen LogP contribution >= 0.6 is 0 Å². The van der Waals surface area contributed by atoms with E-state index in [0.717, 1.165) is 0 Å². The third kappa shape index (κ3) is 6.00. The van der Waals surface area contributed by atoms with Gasteiger partial charge in [0.15, 0.2) is 11.4 Å². The molecule has 4 rings (SSSR count). The molecule has 39 heavy (non-hydrogen) atoms. The first-order valence-electron chi connectivity index (χ1n) is 11.9. The Morgan fingerprint density at radius 1 is 0.872 bits per heavy atom. The monoisotopic (exact) mass is 541 g/mol. The van der Waals surface area contributed by atoms with Crippen molar-refractivity contribution in [3.05, 3.63) is 89.1 Å². The molecule has 0 radical (unpaired) electrons. The second-order valence-electron chi connectivity index (χ2n) is 9.39. The van der Waals surface area contributed by atoms with Gasteiger partial charge in [0, 0.05) is 29.3 Å². The average Bonchev–Trinajstić information content (AvgIpc) is 3.14. The maximum absolute atomic E-state index is 13.6. The van der Waals surface area contributed by atoms with Crippen LogP contribution < -0.4 is 14.2 Å². The van der Waals surface area contributed by atoms with E-state index in [4.69, 9.17) is 9.47 Å². The number of benzene rings is 3. The highest BCUT2D eigenvalue weighted by molar-refractivity contribution is 6.17. The van der Waals surface area contributed by atoms with Crippen LogP contribution in [0.2, 0.25) is 0 Å². The molecule has 0 bridgehead atoms. The molecule has 0 aliphatic carbocycles. The highest BCUT2D eigenvalue weighted by atomic mass is 19.4. The summed E-state index contributed by atoms with van der Waals surface area (Å²) in [5.74, 6) is -0.835. The zero-order valence-electron chi connectivity index (χ0n) is 21.6. The summed E-state index contributed by atoms with van der Waals surface area (Å²) in [6.07, 6.45) is -4.80. The van der Waals surface area contributed by atoms with Crippen LogP contribution in [0.25, 0.3) is 10.9 Å². The molecule has 0 saturated heterocycles. The molecular weight excluding hydrogens is 515 g/mol. The summed E-state index contributed by atoms with van der Waals surface area (Å²) >= 11 is 0. The van der Waals surface area contributed by atoms with Crippen molar-refractivity contribution in [3.8, 4) is 17.2 Å². The topological polar surface area (TPSA) is 87.0 Å². The molecule has 1 aromatic heterocycles. The first-order valence-corrected chi connectivity index (χ1v) is 11.9. The fraction of sp³-hybridized carbons (Fsp3) is 0.241. The number of alkyl halides is 3. The highest BCUT2D eigenvalue weighted by Gasteiger charge is 2.31. The van der Waals surface area contributed by atoms with Crippen molar-refractivity contribution in [1.29, 1.82) is 0 Å². The molecule has 7 nitrogen and oxygen atoms in total. The molecule has 0 unspecified atom stereocenters. The molecule has 0 amide bonds. The van der Waals surface area contributed by atoms with E-state index in [0.29, 0.717) is 39.0 Å². The van der Waals surface area contributed by atoms with Gasteiger partial charge in [-0.1, -0.05) is 12.1 Å². The number of carboxylic acids is 1. The minimum absolute atomic E-state index is 0.219. The summed E-state index contributed by atoms with van der Waals surface area (Å²) in [4.78, 5) is 25.2. The smallest absolute Gasteiger partial charge is 0.497 e. The van der Waals surface area contributed by atoms with E-state index >= 15 is 0 Å². The predicted octanol–water partition coefficient (Wildman–Crippen LogP) is 6.38. The van der Waals surface area contributed by atoms with E-state index in [1.807, 2.05) is 4.57 Å². The minimum atomic E-state index is -4.80. The van der Waals surface area contributed by atoms with Crippen molar-refractivity contribution in [2.75, 3.05) is 7.11 Å². The zero-order valence-corrected chi connectivity index (χ0v) is 21.6. The summed E-state index contributed by atoms with van der Waals surface area (Å²) in [6.45, 7) is 4.84. The quantitative estimate of drug-likeness (QED) is 0.248. The van der Waals surface area contributed by atoms with Crippen LogP contribution in [0.4, 0.5) is 13.2 Å². The number of hydrogen-bond donors (Lipinski definition) is 1. The second kappa shape index (κ2) is 10.4. The van der Waals surface area contributed by atoms with E-state index in [9.17, 15) is 27.9 Å². The largest absolute Gasteiger partial charge is 0.573 e. The van der Waals surface area contributed by atoms with Gasteiger partial charge in [-0.2, -0.15) is 0 Å². The summed E-state index contributed by atoms with van der Waals surface area (Å²) in [5, 5.41) is 10.1. The predicted molar refractivity (Wildman–Crippen MR) is 138 cm³/mol. The van der Waals surface area contributed by atoms with E-state index < -0.39 is 17.9 Å². The Labute approximate surface area is 222 Å². The van der Waals surface area contributed by atoms with Crippen LogP contribution in [0.15, 0.2) is 66.7 Å². The Hall–Kier alpha value is -4.47. The van der Waals surface area contributed by atoms with E-state index in [2.05, 4.69) is 4.74 Å². The van der Waals surface area contributed by atoms with E-state index in [1.54, 1.807) is 49.4 Å². The summed E-state index contributed by atoms with van der Waals surface area (Å²) < 4.78 is 54.4. The van der Waals surface area contributed by atoms with Crippen LogP contribution in [-0.4, -0.2) is 40.5 Å². The number of methoxy groups -OCH3 is 1. The molecule has 0 saturated carbocycles. The van der Waals surface area contributed by atoms with Gasteiger partial charge in [-0.05, 0) is 74.9 Å². The number of aliphatic carboxylic acids is 1. The Bertz CT molecular complexity index is 1520. The van der Waals surface area contributed by atoms with Gasteiger partial charge >= 0.3 is 12.3 Å². The maximum Gasteiger partial charge on any atom is 0.573 e. The molecule has 4 aromatic rings. The standard InChI is InChI=1S/C29H26F3NO6/c1-17-25(26(34)19-7-11-20(37-4)12-8-19)23-14-13-22(38-28(2,3)27(35)36)15-24(23)33(17)16-18-5-9-21(10-6-18)39-29(30,31)32/h5-15H,16H2,1-4H3,(H,35,36). The van der Waals surface area contributed by atoms with Crippen LogP contribution in [0, 0.1) is 6.92 Å². The fourth-order valence-corrected chi connectivity index (χ4v) is 4.21. The lowest BCUT2D eigenvalue weighted by atomic mass is 10.0. The number of carbonyl (C=O) groups is 2. The van der Waals surface area contributed by atoms with Crippen molar-refractivity contribution in [1.82, 2.24) is 4.57 Å². The molecule has 3 aromatic carbocycles. The Morgan fingerprint density at radius 2 is 1.46 bits per heavy atom. The lowest BCUT2D eigenvalue weighted by molar-refractivity contribution is -0.274. The zero-order chi connectivity index (χ0) is 28.5. The van der Waals surface area contributed by atoms with Crippen LogP contribution in [0.3, 0.4) is 0 Å². The second-order valence-corrected chi connectivity index (χ2v) is 9.39. The molecule has 0 spiro atoms. The van der Waals surface area contributed by atoms with Gasteiger partial charge in [0.25, 0.3) is 0 Å². The van der Waals surface area contributed by atoms with Gasteiger partial charge in [-0.3, -0.25) is 4.79 Å². The Balaban J connectivity index is 1.80. The van der Waals surface area contributed by atoms with Gasteiger partial charge in [-0.15, -0.1) is 13.2 Å². The van der Waals surface area contributed by atoms with Crippen LogP contribution in [0.5, 0.6) is 17.2 Å². The summed E-state index contributed by atoms with van der Waals surface area (Å²) in [6, 6.07) is 17.1. The lowest BCUT2D eigenvalue weighted by Gasteiger charge is -2.21. The molecule has 0 aliphatic rings. The summed E-state index contributed by atoms with van der Waals surface area (Å²) in [7, 11) is 1.53. The number of carboxylic acid groups (broad SMARTS) is 1. The molecule has 0 aliphatic heterocycles. The number of carbonyl (C=O) groups excluding carboxylic acids is 1. The fourth-order valence-electron chi connectivity index (χ4n) is 4.21. The SMILES string of the molecule is COc1ccc(C(=O)c2c(C)n(Cc3ccc(OC(F)(F)F)cc3)c3cc(OC(C)(C)C(=O)O)ccc23)cc1. The molecule has 0 fully saturated rings. The number of ether oxygens (including phenoxy) is 3. The van der Waals surface area contributed by atoms with Crippen molar-refractivity contribution < 1.29 is 42.1 Å². The molecule has 10 heteroatoms. The van der Waals surface area contributed by atoms with Gasteiger partial charge in [0.05, 0.1) is 18.2 Å². The van der Waals surface area contributed by atoms with Gasteiger partial charge in [0.1, 0.15) is 17.2 Å². The Morgan fingerprint density at radius 3 is 2.03 bits per heavy atom. The van der Waals surface area contributed by atoms with E-state index in [-0.39, 0.29) is 23.8 Å². The van der Waals surface area contributed by atoms with Gasteiger partial charge < -0.3 is 23.9 Å². The Kier molecular flexibility index (Phi) is 7.32.